The van der Waals surface area contributed by atoms with Crippen LogP contribution in [0.4, 0.5) is 0 Å². The molecule has 0 spiro atoms. The Labute approximate surface area is 215 Å². The third-order valence-electron chi connectivity index (χ3n) is 5.95. The Morgan fingerprint density at radius 2 is 1.15 bits per heavy atom. The normalized spacial score (nSPS) is 10.7. The number of rotatable bonds is 4. The quantitative estimate of drug-likeness (QED) is 0.196. The molecule has 0 bridgehead atoms. The second-order valence-electron chi connectivity index (χ2n) is 8.28. The first kappa shape index (κ1) is 24.1. The number of halogens is 2. The SMILES string of the molecule is CC(C)c1cc2c(-c3ccccc3-c3ccccc3)c(-c3ccccc3)ccc2[cH-]1.[Cl][Zr][Cl]. The van der Waals surface area contributed by atoms with E-state index in [1.807, 2.05) is 0 Å². The number of hydrogen-bond donors (Lipinski definition) is 0. The molecule has 0 saturated carbocycles. The fraction of sp³-hybridized carbons (Fsp3) is 0.100. The standard InChI is InChI=1S/C30H25.2ClH.Zr/c1-21(2)25-19-24-17-18-27(23-13-7-4-8-14-23)30(29(24)20-25)28-16-10-9-15-26(28)22-11-5-3-6-12-22;;;/h3-21H,1-2H3;2*1H;/q-1;;;+2/p-2. The van der Waals surface area contributed by atoms with Gasteiger partial charge in [-0.2, -0.15) is 6.07 Å². The molecule has 0 nitrogen and oxygen atoms in total. The summed E-state index contributed by atoms with van der Waals surface area (Å²) in [5.41, 5.74) is 9.07. The summed E-state index contributed by atoms with van der Waals surface area (Å²) in [6, 6.07) is 39.6. The van der Waals surface area contributed by atoms with Gasteiger partial charge in [-0.1, -0.05) is 110 Å². The van der Waals surface area contributed by atoms with Gasteiger partial charge in [-0.25, -0.2) is 0 Å². The van der Waals surface area contributed by atoms with E-state index in [0.29, 0.717) is 5.92 Å². The van der Waals surface area contributed by atoms with Crippen molar-refractivity contribution < 1.29 is 20.8 Å². The van der Waals surface area contributed by atoms with Crippen LogP contribution in [0.2, 0.25) is 0 Å². The fourth-order valence-electron chi connectivity index (χ4n) is 4.36. The van der Waals surface area contributed by atoms with Gasteiger partial charge < -0.3 is 0 Å². The van der Waals surface area contributed by atoms with Gasteiger partial charge in [0.1, 0.15) is 0 Å². The third-order valence-corrected chi connectivity index (χ3v) is 5.95. The Bertz CT molecular complexity index is 1320. The summed E-state index contributed by atoms with van der Waals surface area (Å²) in [6.07, 6.45) is 0. The number of fused-ring (bicyclic) bond motifs is 1. The second-order valence-corrected chi connectivity index (χ2v) is 12.0. The van der Waals surface area contributed by atoms with E-state index >= 15 is 0 Å². The Balaban J connectivity index is 0.000000821. The molecule has 0 heterocycles. The number of benzene rings is 4. The zero-order chi connectivity index (χ0) is 23.2. The van der Waals surface area contributed by atoms with Crippen molar-refractivity contribution in [3.63, 3.8) is 0 Å². The van der Waals surface area contributed by atoms with Gasteiger partial charge in [0, 0.05) is 0 Å². The van der Waals surface area contributed by atoms with E-state index in [-0.39, 0.29) is 0 Å². The van der Waals surface area contributed by atoms with Crippen LogP contribution in [-0.2, 0) is 20.8 Å². The topological polar surface area (TPSA) is 0 Å². The molecule has 0 atom stereocenters. The van der Waals surface area contributed by atoms with Crippen molar-refractivity contribution in [2.45, 2.75) is 19.8 Å². The first-order valence-electron chi connectivity index (χ1n) is 11.0. The molecule has 164 valence electrons. The zero-order valence-corrected chi connectivity index (χ0v) is 22.7. The Morgan fingerprint density at radius 3 is 1.73 bits per heavy atom. The van der Waals surface area contributed by atoms with Gasteiger partial charge in [0.25, 0.3) is 0 Å². The third kappa shape index (κ3) is 5.38. The predicted molar refractivity (Wildman–Crippen MR) is 142 cm³/mol. The molecule has 3 heteroatoms. The Hall–Kier alpha value is -2.05. The summed E-state index contributed by atoms with van der Waals surface area (Å²) >= 11 is -0.826. The Kier molecular flexibility index (Phi) is 8.31. The summed E-state index contributed by atoms with van der Waals surface area (Å²) in [7, 11) is 9.87. The zero-order valence-electron chi connectivity index (χ0n) is 18.7. The van der Waals surface area contributed by atoms with Crippen LogP contribution in [0.15, 0.2) is 109 Å². The molecule has 0 unspecified atom stereocenters. The molecular weight excluding hydrogens is 522 g/mol. The minimum absolute atomic E-state index is 0.509. The van der Waals surface area contributed by atoms with Crippen LogP contribution in [0.3, 0.4) is 0 Å². The van der Waals surface area contributed by atoms with Crippen LogP contribution in [-0.4, -0.2) is 0 Å². The average molecular weight is 548 g/mol. The molecule has 0 saturated heterocycles. The van der Waals surface area contributed by atoms with Crippen LogP contribution < -0.4 is 0 Å². The van der Waals surface area contributed by atoms with Crippen molar-refractivity contribution in [1.82, 2.24) is 0 Å². The predicted octanol–water partition coefficient (Wildman–Crippen LogP) is 10.1. The van der Waals surface area contributed by atoms with Gasteiger partial charge in [-0.05, 0) is 33.7 Å². The molecule has 0 radical (unpaired) electrons. The monoisotopic (exact) mass is 545 g/mol. The molecule has 5 aromatic rings. The van der Waals surface area contributed by atoms with E-state index < -0.39 is 20.8 Å². The molecule has 5 rings (SSSR count). The van der Waals surface area contributed by atoms with Crippen molar-refractivity contribution in [2.24, 2.45) is 0 Å². The molecule has 0 amide bonds. The maximum atomic E-state index is 4.93. The van der Waals surface area contributed by atoms with Gasteiger partial charge >= 0.3 is 37.9 Å². The van der Waals surface area contributed by atoms with E-state index in [9.17, 15) is 0 Å². The first-order valence-corrected chi connectivity index (χ1v) is 17.4. The summed E-state index contributed by atoms with van der Waals surface area (Å²) in [4.78, 5) is 0. The van der Waals surface area contributed by atoms with Gasteiger partial charge in [0.15, 0.2) is 0 Å². The van der Waals surface area contributed by atoms with Crippen LogP contribution in [0.5, 0.6) is 0 Å². The van der Waals surface area contributed by atoms with E-state index in [1.165, 1.54) is 49.7 Å². The molecule has 5 aromatic carbocycles. The van der Waals surface area contributed by atoms with E-state index in [0.717, 1.165) is 0 Å². The molecule has 33 heavy (non-hydrogen) atoms. The van der Waals surface area contributed by atoms with Crippen molar-refractivity contribution in [1.29, 1.82) is 0 Å². The summed E-state index contributed by atoms with van der Waals surface area (Å²) < 4.78 is 0. The summed E-state index contributed by atoms with van der Waals surface area (Å²) in [5, 5.41) is 2.65. The maximum absolute atomic E-state index is 4.93. The summed E-state index contributed by atoms with van der Waals surface area (Å²) in [5.74, 6) is 0.509. The molecule has 0 fully saturated rings. The second kappa shape index (κ2) is 11.4. The number of hydrogen-bond acceptors (Lipinski definition) is 0. The summed E-state index contributed by atoms with van der Waals surface area (Å²) in [6.45, 7) is 4.54. The van der Waals surface area contributed by atoms with Crippen molar-refractivity contribution in [3.05, 3.63) is 115 Å². The van der Waals surface area contributed by atoms with Crippen molar-refractivity contribution in [2.75, 3.05) is 0 Å². The van der Waals surface area contributed by atoms with Gasteiger partial charge in [-0.15, -0.1) is 28.5 Å². The molecule has 0 aliphatic carbocycles. The van der Waals surface area contributed by atoms with E-state index in [4.69, 9.17) is 17.0 Å². The molecule has 0 N–H and O–H groups in total. The molecule has 0 aliphatic heterocycles. The fourth-order valence-corrected chi connectivity index (χ4v) is 4.36. The molecular formula is C30H25Cl2Zr-. The molecule has 0 aromatic heterocycles. The molecule has 0 aliphatic rings. The van der Waals surface area contributed by atoms with Crippen molar-refractivity contribution in [3.8, 4) is 33.4 Å². The van der Waals surface area contributed by atoms with Gasteiger partial charge in [0.05, 0.1) is 0 Å². The Morgan fingerprint density at radius 1 is 0.636 bits per heavy atom. The average Bonchev–Trinajstić information content (AvgIpc) is 3.30. The van der Waals surface area contributed by atoms with Gasteiger partial charge in [0.2, 0.25) is 0 Å². The van der Waals surface area contributed by atoms with Crippen LogP contribution in [0.1, 0.15) is 25.3 Å². The van der Waals surface area contributed by atoms with E-state index in [2.05, 4.69) is 123 Å². The van der Waals surface area contributed by atoms with Gasteiger partial charge in [-0.3, -0.25) is 0 Å². The van der Waals surface area contributed by atoms with E-state index in [1.54, 1.807) is 0 Å². The van der Waals surface area contributed by atoms with Crippen LogP contribution in [0.25, 0.3) is 44.2 Å². The first-order chi connectivity index (χ1) is 16.1. The van der Waals surface area contributed by atoms with Crippen LogP contribution >= 0.6 is 17.0 Å². The van der Waals surface area contributed by atoms with Crippen molar-refractivity contribution >= 4 is 27.8 Å². The minimum atomic E-state index is -0.826. The van der Waals surface area contributed by atoms with Crippen LogP contribution in [0, 0.1) is 0 Å².